The molecule has 20 heavy (non-hydrogen) atoms. The van der Waals surface area contributed by atoms with E-state index in [4.69, 9.17) is 5.73 Å². The van der Waals surface area contributed by atoms with Gasteiger partial charge in [-0.15, -0.1) is 11.3 Å². The van der Waals surface area contributed by atoms with Crippen molar-refractivity contribution in [3.05, 3.63) is 57.8 Å². The minimum absolute atomic E-state index is 0.0154. The van der Waals surface area contributed by atoms with Crippen LogP contribution in [0.4, 0.5) is 0 Å². The summed E-state index contributed by atoms with van der Waals surface area (Å²) in [7, 11) is 0. The van der Waals surface area contributed by atoms with Gasteiger partial charge in [0.05, 0.1) is 4.88 Å². The van der Waals surface area contributed by atoms with Crippen molar-refractivity contribution >= 4 is 17.2 Å². The lowest BCUT2D eigenvalue weighted by atomic mass is 9.95. The average molecular weight is 286 g/mol. The highest BCUT2D eigenvalue weighted by atomic mass is 32.1. The molecule has 3 nitrogen and oxygen atoms in total. The van der Waals surface area contributed by atoms with Crippen LogP contribution in [0, 0.1) is 6.92 Å². The van der Waals surface area contributed by atoms with Crippen LogP contribution in [0.2, 0.25) is 0 Å². The quantitative estimate of drug-likeness (QED) is 0.922. The molecule has 0 saturated carbocycles. The van der Waals surface area contributed by atoms with E-state index < -0.39 is 0 Å². The summed E-state index contributed by atoms with van der Waals surface area (Å²) in [6, 6.07) is 12.2. The smallest absolute Gasteiger partial charge is 0.264 e. The summed E-state index contributed by atoms with van der Waals surface area (Å²) in [5.74, 6) is 0.354. The third kappa shape index (κ3) is 2.37. The number of thiophene rings is 1. The molecule has 2 atom stereocenters. The fourth-order valence-corrected chi connectivity index (χ4v) is 3.68. The number of hydrogen-bond donors (Lipinski definition) is 1. The summed E-state index contributed by atoms with van der Waals surface area (Å²) in [6.07, 6.45) is 0. The molecule has 1 aliphatic rings. The Bertz CT molecular complexity index is 608. The predicted molar refractivity (Wildman–Crippen MR) is 82.1 cm³/mol. The van der Waals surface area contributed by atoms with Crippen LogP contribution >= 0.6 is 11.3 Å². The van der Waals surface area contributed by atoms with Crippen LogP contribution in [-0.2, 0) is 0 Å². The van der Waals surface area contributed by atoms with Crippen molar-refractivity contribution in [2.75, 3.05) is 13.1 Å². The monoisotopic (exact) mass is 286 g/mol. The number of benzene rings is 1. The molecule has 0 bridgehead atoms. The maximum atomic E-state index is 12.5. The number of hydrogen-bond acceptors (Lipinski definition) is 3. The number of amides is 1. The van der Waals surface area contributed by atoms with Crippen molar-refractivity contribution < 1.29 is 4.79 Å². The number of nitrogens with zero attached hydrogens (tertiary/aromatic N) is 1. The van der Waals surface area contributed by atoms with E-state index in [1.807, 2.05) is 41.5 Å². The van der Waals surface area contributed by atoms with Gasteiger partial charge in [-0.2, -0.15) is 0 Å². The van der Waals surface area contributed by atoms with E-state index in [0.717, 1.165) is 10.4 Å². The highest BCUT2D eigenvalue weighted by molar-refractivity contribution is 7.12. The molecule has 1 aromatic carbocycles. The summed E-state index contributed by atoms with van der Waals surface area (Å²) in [5, 5.41) is 1.97. The second-order valence-electron chi connectivity index (χ2n) is 5.32. The van der Waals surface area contributed by atoms with E-state index in [2.05, 4.69) is 12.1 Å². The van der Waals surface area contributed by atoms with Crippen molar-refractivity contribution in [3.8, 4) is 0 Å². The van der Waals surface area contributed by atoms with Gasteiger partial charge in [0.2, 0.25) is 0 Å². The molecular weight excluding hydrogens is 268 g/mol. The molecule has 0 radical (unpaired) electrons. The predicted octanol–water partition coefficient (Wildman–Crippen LogP) is 2.62. The molecule has 2 N–H and O–H groups in total. The molecule has 104 valence electrons. The first-order valence-electron chi connectivity index (χ1n) is 6.80. The van der Waals surface area contributed by atoms with Gasteiger partial charge in [0, 0.05) is 25.0 Å². The lowest BCUT2D eigenvalue weighted by Crippen LogP contribution is -2.32. The summed E-state index contributed by atoms with van der Waals surface area (Å²) >= 11 is 1.51. The third-order valence-corrected chi connectivity index (χ3v) is 4.94. The van der Waals surface area contributed by atoms with E-state index in [1.54, 1.807) is 0 Å². The first-order valence-corrected chi connectivity index (χ1v) is 7.68. The van der Waals surface area contributed by atoms with E-state index in [9.17, 15) is 4.79 Å². The summed E-state index contributed by atoms with van der Waals surface area (Å²) in [6.45, 7) is 3.32. The first-order chi connectivity index (χ1) is 9.66. The maximum Gasteiger partial charge on any atom is 0.264 e. The van der Waals surface area contributed by atoms with Gasteiger partial charge in [-0.1, -0.05) is 30.3 Å². The summed E-state index contributed by atoms with van der Waals surface area (Å²) < 4.78 is 0. The Morgan fingerprint density at radius 3 is 2.65 bits per heavy atom. The van der Waals surface area contributed by atoms with E-state index >= 15 is 0 Å². The molecule has 1 amide bonds. The normalized spacial score (nSPS) is 22.2. The number of carbonyl (C=O) groups is 1. The number of nitrogens with two attached hydrogens (primary N) is 1. The second-order valence-corrected chi connectivity index (χ2v) is 6.24. The van der Waals surface area contributed by atoms with E-state index in [-0.39, 0.29) is 17.9 Å². The topological polar surface area (TPSA) is 46.3 Å². The molecule has 1 aliphatic heterocycles. The zero-order chi connectivity index (χ0) is 14.1. The van der Waals surface area contributed by atoms with Crippen LogP contribution in [0.1, 0.15) is 26.7 Å². The second kappa shape index (κ2) is 5.38. The highest BCUT2D eigenvalue weighted by Gasteiger charge is 2.34. The van der Waals surface area contributed by atoms with Gasteiger partial charge in [-0.25, -0.2) is 0 Å². The minimum Gasteiger partial charge on any atom is -0.336 e. The van der Waals surface area contributed by atoms with Gasteiger partial charge < -0.3 is 10.6 Å². The third-order valence-electron chi connectivity index (χ3n) is 3.94. The fraction of sp³-hybridized carbons (Fsp3) is 0.312. The number of carbonyl (C=O) groups excluding carboxylic acids is 1. The minimum atomic E-state index is 0.0154. The molecule has 0 spiro atoms. The zero-order valence-corrected chi connectivity index (χ0v) is 12.3. The molecule has 3 rings (SSSR count). The van der Waals surface area contributed by atoms with Gasteiger partial charge in [0.15, 0.2) is 0 Å². The van der Waals surface area contributed by atoms with Gasteiger partial charge in [-0.05, 0) is 29.5 Å². The lowest BCUT2D eigenvalue weighted by molar-refractivity contribution is 0.0793. The van der Waals surface area contributed by atoms with Crippen LogP contribution in [-0.4, -0.2) is 29.9 Å². The van der Waals surface area contributed by atoms with Crippen molar-refractivity contribution in [2.24, 2.45) is 5.73 Å². The molecular formula is C16H18N2OS. The van der Waals surface area contributed by atoms with Crippen molar-refractivity contribution in [3.63, 3.8) is 0 Å². The Balaban J connectivity index is 1.79. The molecule has 2 heterocycles. The van der Waals surface area contributed by atoms with Crippen molar-refractivity contribution in [1.29, 1.82) is 0 Å². The van der Waals surface area contributed by atoms with Crippen LogP contribution < -0.4 is 5.73 Å². The van der Waals surface area contributed by atoms with Crippen molar-refractivity contribution in [2.45, 2.75) is 18.9 Å². The highest BCUT2D eigenvalue weighted by Crippen LogP contribution is 2.28. The number of likely N-dealkylation sites (tertiary alicyclic amines) is 1. The Kier molecular flexibility index (Phi) is 3.59. The van der Waals surface area contributed by atoms with Gasteiger partial charge in [0.25, 0.3) is 5.91 Å². The van der Waals surface area contributed by atoms with E-state index in [0.29, 0.717) is 13.1 Å². The first kappa shape index (κ1) is 13.3. The molecule has 1 saturated heterocycles. The van der Waals surface area contributed by atoms with Crippen molar-refractivity contribution in [1.82, 2.24) is 4.90 Å². The maximum absolute atomic E-state index is 12.5. The summed E-state index contributed by atoms with van der Waals surface area (Å²) in [4.78, 5) is 15.3. The SMILES string of the molecule is Cc1ccsc1C(=O)N1C[C@@H](N)[C@H](c2ccccc2)C1. The molecule has 2 aromatic rings. The Hall–Kier alpha value is -1.65. The Morgan fingerprint density at radius 1 is 1.25 bits per heavy atom. The largest absolute Gasteiger partial charge is 0.336 e. The Labute approximate surface area is 123 Å². The fourth-order valence-electron chi connectivity index (χ4n) is 2.78. The lowest BCUT2D eigenvalue weighted by Gasteiger charge is -2.16. The standard InChI is InChI=1S/C16H18N2OS/c1-11-7-8-20-15(11)16(19)18-9-13(14(17)10-18)12-5-3-2-4-6-12/h2-8,13-14H,9-10,17H2,1H3/t13-,14+/m0/s1. The molecule has 0 unspecified atom stereocenters. The van der Waals surface area contributed by atoms with Crippen LogP contribution in [0.25, 0.3) is 0 Å². The summed E-state index contributed by atoms with van der Waals surface area (Å²) in [5.41, 5.74) is 8.51. The molecule has 0 aliphatic carbocycles. The molecule has 1 aromatic heterocycles. The van der Waals surface area contributed by atoms with Gasteiger partial charge in [0.1, 0.15) is 0 Å². The van der Waals surface area contributed by atoms with Gasteiger partial charge in [-0.3, -0.25) is 4.79 Å². The van der Waals surface area contributed by atoms with Gasteiger partial charge >= 0.3 is 0 Å². The van der Waals surface area contributed by atoms with E-state index in [1.165, 1.54) is 16.9 Å². The molecule has 4 heteroatoms. The Morgan fingerprint density at radius 2 is 2.00 bits per heavy atom. The zero-order valence-electron chi connectivity index (χ0n) is 11.5. The van der Waals surface area contributed by atoms with Crippen LogP contribution in [0.5, 0.6) is 0 Å². The van der Waals surface area contributed by atoms with Crippen LogP contribution in [0.15, 0.2) is 41.8 Å². The number of aryl methyl sites for hydroxylation is 1. The van der Waals surface area contributed by atoms with Crippen LogP contribution in [0.3, 0.4) is 0 Å². The number of rotatable bonds is 2. The average Bonchev–Trinajstić information content (AvgIpc) is 3.05. The molecule has 1 fully saturated rings.